The highest BCUT2D eigenvalue weighted by molar-refractivity contribution is 5.87. The number of fused-ring (bicyclic) bond motifs is 1. The van der Waals surface area contributed by atoms with Gasteiger partial charge >= 0.3 is 5.63 Å². The third kappa shape index (κ3) is 4.11. The zero-order valence-electron chi connectivity index (χ0n) is 17.0. The molecule has 0 amide bonds. The maximum atomic E-state index is 12.6. The Bertz CT molecular complexity index is 1310. The van der Waals surface area contributed by atoms with Crippen LogP contribution < -0.4 is 15.1 Å². The zero-order valence-corrected chi connectivity index (χ0v) is 17.0. The number of nitro groups is 1. The van der Waals surface area contributed by atoms with Crippen LogP contribution >= 0.6 is 0 Å². The van der Waals surface area contributed by atoms with Crippen LogP contribution in [-0.2, 0) is 6.61 Å². The first-order chi connectivity index (χ1) is 15.0. The van der Waals surface area contributed by atoms with Crippen molar-refractivity contribution in [1.82, 2.24) is 0 Å². The normalized spacial score (nSPS) is 10.8. The summed E-state index contributed by atoms with van der Waals surface area (Å²) in [6, 6.07) is 18.7. The molecule has 0 aliphatic carbocycles. The lowest BCUT2D eigenvalue weighted by Gasteiger charge is -2.11. The van der Waals surface area contributed by atoms with Crippen molar-refractivity contribution < 1.29 is 18.8 Å². The van der Waals surface area contributed by atoms with E-state index in [0.29, 0.717) is 22.6 Å². The molecule has 0 spiro atoms. The number of hydrogen-bond donors (Lipinski definition) is 0. The van der Waals surface area contributed by atoms with Crippen LogP contribution in [0, 0.1) is 17.0 Å². The van der Waals surface area contributed by atoms with Gasteiger partial charge in [0.1, 0.15) is 23.7 Å². The summed E-state index contributed by atoms with van der Waals surface area (Å²) in [5, 5.41) is 11.5. The van der Waals surface area contributed by atoms with Crippen molar-refractivity contribution in [1.29, 1.82) is 0 Å². The number of nitro benzene ring substituents is 1. The number of hydrogen-bond acceptors (Lipinski definition) is 6. The Morgan fingerprint density at radius 2 is 1.65 bits per heavy atom. The molecule has 1 heterocycles. The lowest BCUT2D eigenvalue weighted by molar-refractivity contribution is -0.384. The van der Waals surface area contributed by atoms with Gasteiger partial charge in [0.2, 0.25) is 0 Å². The Balaban J connectivity index is 1.64. The fraction of sp³-hybridized carbons (Fsp3) is 0.125. The molecule has 0 N–H and O–H groups in total. The number of ether oxygens (including phenoxy) is 2. The van der Waals surface area contributed by atoms with Gasteiger partial charge in [0.15, 0.2) is 0 Å². The molecule has 0 atom stereocenters. The van der Waals surface area contributed by atoms with Crippen LogP contribution in [0.3, 0.4) is 0 Å². The van der Waals surface area contributed by atoms with E-state index in [0.717, 1.165) is 22.1 Å². The van der Waals surface area contributed by atoms with E-state index in [1.54, 1.807) is 43.5 Å². The van der Waals surface area contributed by atoms with E-state index in [9.17, 15) is 14.9 Å². The van der Waals surface area contributed by atoms with Gasteiger partial charge in [0, 0.05) is 17.5 Å². The van der Waals surface area contributed by atoms with Crippen LogP contribution in [0.2, 0.25) is 0 Å². The predicted octanol–water partition coefficient (Wildman–Crippen LogP) is 5.26. The average molecular weight is 417 g/mol. The largest absolute Gasteiger partial charge is 0.497 e. The molecule has 0 saturated carbocycles. The van der Waals surface area contributed by atoms with Crippen molar-refractivity contribution >= 4 is 16.7 Å². The second-order valence-electron chi connectivity index (χ2n) is 6.99. The van der Waals surface area contributed by atoms with Gasteiger partial charge in [-0.05, 0) is 66.1 Å². The van der Waals surface area contributed by atoms with Crippen LogP contribution in [0.4, 0.5) is 5.69 Å². The highest BCUT2D eigenvalue weighted by Crippen LogP contribution is 2.30. The smallest absolute Gasteiger partial charge is 0.344 e. The summed E-state index contributed by atoms with van der Waals surface area (Å²) in [7, 11) is 1.59. The van der Waals surface area contributed by atoms with Gasteiger partial charge < -0.3 is 13.9 Å². The summed E-state index contributed by atoms with van der Waals surface area (Å²) in [4.78, 5) is 22.9. The Morgan fingerprint density at radius 1 is 0.968 bits per heavy atom. The Labute approximate surface area is 177 Å². The molecule has 7 nitrogen and oxygen atoms in total. The van der Waals surface area contributed by atoms with E-state index < -0.39 is 10.5 Å². The van der Waals surface area contributed by atoms with Crippen molar-refractivity contribution in [3.63, 3.8) is 0 Å². The molecular formula is C24H19NO6. The molecule has 0 aliphatic heterocycles. The molecule has 1 aromatic heterocycles. The summed E-state index contributed by atoms with van der Waals surface area (Å²) < 4.78 is 16.6. The Hall–Kier alpha value is -4.13. The highest BCUT2D eigenvalue weighted by atomic mass is 16.6. The molecular weight excluding hydrogens is 398 g/mol. The highest BCUT2D eigenvalue weighted by Gasteiger charge is 2.14. The van der Waals surface area contributed by atoms with Gasteiger partial charge in [-0.1, -0.05) is 12.1 Å². The molecule has 3 aromatic carbocycles. The molecule has 7 heteroatoms. The van der Waals surface area contributed by atoms with Gasteiger partial charge in [-0.3, -0.25) is 10.1 Å². The first kappa shape index (κ1) is 20.2. The summed E-state index contributed by atoms with van der Waals surface area (Å²) >= 11 is 0. The minimum atomic E-state index is -0.440. The zero-order chi connectivity index (χ0) is 22.0. The molecule has 0 aliphatic rings. The molecule has 0 unspecified atom stereocenters. The van der Waals surface area contributed by atoms with Gasteiger partial charge in [-0.15, -0.1) is 0 Å². The Kier molecular flexibility index (Phi) is 5.41. The fourth-order valence-corrected chi connectivity index (χ4v) is 3.39. The maximum absolute atomic E-state index is 12.6. The standard InChI is InChI=1S/C24H19NO6/c1-15-21-13-20(30-14-16-3-7-18(8-4-16)25(27)28)11-12-22(21)31-24(26)23(15)17-5-9-19(29-2)10-6-17/h3-13H,14H2,1-2H3. The minimum absolute atomic E-state index is 0.0335. The minimum Gasteiger partial charge on any atom is -0.497 e. The van der Waals surface area contributed by atoms with Gasteiger partial charge in [0.05, 0.1) is 17.6 Å². The SMILES string of the molecule is COc1ccc(-c2c(C)c3cc(OCc4ccc([N+](=O)[O-])cc4)ccc3oc2=O)cc1. The summed E-state index contributed by atoms with van der Waals surface area (Å²) in [5.74, 6) is 1.30. The number of rotatable bonds is 6. The first-order valence-electron chi connectivity index (χ1n) is 9.54. The van der Waals surface area contributed by atoms with E-state index in [1.165, 1.54) is 12.1 Å². The van der Waals surface area contributed by atoms with Gasteiger partial charge in [0.25, 0.3) is 5.69 Å². The molecule has 0 fully saturated rings. The third-order valence-electron chi connectivity index (χ3n) is 5.07. The summed E-state index contributed by atoms with van der Waals surface area (Å²) in [6.45, 7) is 2.13. The van der Waals surface area contributed by atoms with E-state index >= 15 is 0 Å². The number of nitrogens with zero attached hydrogens (tertiary/aromatic N) is 1. The van der Waals surface area contributed by atoms with E-state index in [-0.39, 0.29) is 12.3 Å². The van der Waals surface area contributed by atoms with E-state index in [2.05, 4.69) is 0 Å². The fourth-order valence-electron chi connectivity index (χ4n) is 3.39. The second-order valence-corrected chi connectivity index (χ2v) is 6.99. The molecule has 0 radical (unpaired) electrons. The van der Waals surface area contributed by atoms with Gasteiger partial charge in [-0.2, -0.15) is 0 Å². The van der Waals surface area contributed by atoms with Crippen molar-refractivity contribution in [3.8, 4) is 22.6 Å². The monoisotopic (exact) mass is 417 g/mol. The van der Waals surface area contributed by atoms with Crippen LogP contribution in [0.5, 0.6) is 11.5 Å². The average Bonchev–Trinajstić information content (AvgIpc) is 2.78. The lowest BCUT2D eigenvalue weighted by Crippen LogP contribution is -2.06. The van der Waals surface area contributed by atoms with Crippen molar-refractivity contribution in [2.45, 2.75) is 13.5 Å². The number of aryl methyl sites for hydroxylation is 1. The van der Waals surface area contributed by atoms with Crippen molar-refractivity contribution in [3.05, 3.63) is 98.4 Å². The quantitative estimate of drug-likeness (QED) is 0.241. The molecule has 0 saturated heterocycles. The van der Waals surface area contributed by atoms with Crippen LogP contribution in [-0.4, -0.2) is 12.0 Å². The van der Waals surface area contributed by atoms with Gasteiger partial charge in [-0.25, -0.2) is 4.79 Å². The number of benzene rings is 3. The summed E-state index contributed by atoms with van der Waals surface area (Å²) in [5.41, 5.74) is 2.93. The molecule has 0 bridgehead atoms. The third-order valence-corrected chi connectivity index (χ3v) is 5.07. The van der Waals surface area contributed by atoms with E-state index in [4.69, 9.17) is 13.9 Å². The maximum Gasteiger partial charge on any atom is 0.344 e. The predicted molar refractivity (Wildman–Crippen MR) is 117 cm³/mol. The summed E-state index contributed by atoms with van der Waals surface area (Å²) in [6.07, 6.45) is 0. The first-order valence-corrected chi connectivity index (χ1v) is 9.54. The molecule has 156 valence electrons. The van der Waals surface area contributed by atoms with Crippen LogP contribution in [0.25, 0.3) is 22.1 Å². The van der Waals surface area contributed by atoms with Crippen LogP contribution in [0.15, 0.2) is 75.9 Å². The topological polar surface area (TPSA) is 91.8 Å². The molecule has 4 rings (SSSR count). The lowest BCUT2D eigenvalue weighted by atomic mass is 9.99. The Morgan fingerprint density at radius 3 is 2.29 bits per heavy atom. The molecule has 31 heavy (non-hydrogen) atoms. The number of non-ortho nitro benzene ring substituents is 1. The van der Waals surface area contributed by atoms with Crippen LogP contribution in [0.1, 0.15) is 11.1 Å². The number of methoxy groups -OCH3 is 1. The second kappa shape index (κ2) is 8.31. The van der Waals surface area contributed by atoms with Crippen molar-refractivity contribution in [2.75, 3.05) is 7.11 Å². The molecule has 4 aromatic rings. The van der Waals surface area contributed by atoms with Crippen molar-refractivity contribution in [2.24, 2.45) is 0 Å². The van der Waals surface area contributed by atoms with E-state index in [1.807, 2.05) is 25.1 Å².